The van der Waals surface area contributed by atoms with Crippen LogP contribution in [0.25, 0.3) is 0 Å². The lowest BCUT2D eigenvalue weighted by Gasteiger charge is -2.25. The summed E-state index contributed by atoms with van der Waals surface area (Å²) in [7, 11) is 0. The van der Waals surface area contributed by atoms with Crippen molar-refractivity contribution in [1.29, 1.82) is 0 Å². The first-order chi connectivity index (χ1) is 5.18. The van der Waals surface area contributed by atoms with Crippen LogP contribution in [-0.2, 0) is 4.79 Å². The summed E-state index contributed by atoms with van der Waals surface area (Å²) < 4.78 is 0. The second-order valence-corrected chi connectivity index (χ2v) is 2.92. The van der Waals surface area contributed by atoms with Crippen LogP contribution >= 0.6 is 0 Å². The van der Waals surface area contributed by atoms with Crippen LogP contribution in [0.4, 0.5) is 0 Å². The van der Waals surface area contributed by atoms with Crippen molar-refractivity contribution in [2.45, 2.75) is 32.2 Å². The minimum absolute atomic E-state index is 0.0572. The van der Waals surface area contributed by atoms with Crippen LogP contribution in [0.2, 0.25) is 0 Å². The van der Waals surface area contributed by atoms with Crippen molar-refractivity contribution in [2.24, 2.45) is 0 Å². The summed E-state index contributed by atoms with van der Waals surface area (Å²) in [5, 5.41) is 11.5. The smallest absolute Gasteiger partial charge is 0.247 e. The zero-order chi connectivity index (χ0) is 8.27. The molecule has 0 saturated heterocycles. The number of carbonyl (C=O) groups excluding carboxylic acids is 1. The Hall–Kier alpha value is -0.990. The van der Waals surface area contributed by atoms with Crippen molar-refractivity contribution >= 4 is 5.91 Å². The Morgan fingerprint density at radius 2 is 2.27 bits per heavy atom. The third kappa shape index (κ3) is 2.62. The van der Waals surface area contributed by atoms with Crippen LogP contribution in [0.5, 0.6) is 0 Å². The number of nitrogens with one attached hydrogen (secondary N) is 1. The zero-order valence-electron chi connectivity index (χ0n) is 6.63. The van der Waals surface area contributed by atoms with Crippen molar-refractivity contribution in [1.82, 2.24) is 5.32 Å². The molecule has 11 heavy (non-hydrogen) atoms. The molecule has 0 aromatic carbocycles. The molecule has 0 aromatic rings. The molecule has 0 bridgehead atoms. The lowest BCUT2D eigenvalue weighted by atomic mass is 9.93. The number of rotatable bonds is 2. The first-order valence-electron chi connectivity index (χ1n) is 3.86. The van der Waals surface area contributed by atoms with Gasteiger partial charge in [0.15, 0.2) is 0 Å². The summed E-state index contributed by atoms with van der Waals surface area (Å²) in [6.45, 7) is 1.49. The van der Waals surface area contributed by atoms with E-state index in [-0.39, 0.29) is 11.7 Å². The predicted octanol–water partition coefficient (Wildman–Crippen LogP) is 1.12. The van der Waals surface area contributed by atoms with E-state index in [1.165, 1.54) is 19.4 Å². The van der Waals surface area contributed by atoms with Crippen molar-refractivity contribution in [3.05, 3.63) is 11.8 Å². The van der Waals surface area contributed by atoms with E-state index in [0.717, 1.165) is 12.8 Å². The van der Waals surface area contributed by atoms with Gasteiger partial charge in [-0.2, -0.15) is 0 Å². The normalized spacial score (nSPS) is 19.2. The van der Waals surface area contributed by atoms with Gasteiger partial charge in [-0.3, -0.25) is 4.79 Å². The van der Waals surface area contributed by atoms with Crippen molar-refractivity contribution < 1.29 is 9.90 Å². The van der Waals surface area contributed by atoms with Gasteiger partial charge in [0.1, 0.15) is 0 Å². The maximum atomic E-state index is 10.9. The van der Waals surface area contributed by atoms with Gasteiger partial charge in [0.2, 0.25) is 5.91 Å². The number of amides is 1. The fourth-order valence-electron chi connectivity index (χ4n) is 0.985. The van der Waals surface area contributed by atoms with E-state index >= 15 is 0 Å². The standard InChI is InChI=1S/C8H13NO2/c1-6(10)5-8(11)9-7-3-2-4-7/h5,7,10H,2-4H2,1H3,(H,9,11). The molecule has 2 N–H and O–H groups in total. The number of carbonyl (C=O) groups is 1. The first kappa shape index (κ1) is 8.11. The maximum Gasteiger partial charge on any atom is 0.247 e. The molecular weight excluding hydrogens is 142 g/mol. The van der Waals surface area contributed by atoms with Gasteiger partial charge >= 0.3 is 0 Å². The van der Waals surface area contributed by atoms with Gasteiger partial charge in [0, 0.05) is 12.1 Å². The van der Waals surface area contributed by atoms with E-state index in [1.807, 2.05) is 0 Å². The van der Waals surface area contributed by atoms with E-state index in [1.54, 1.807) is 0 Å². The first-order valence-corrected chi connectivity index (χ1v) is 3.86. The number of aliphatic hydroxyl groups is 1. The molecule has 0 radical (unpaired) electrons. The van der Waals surface area contributed by atoms with Gasteiger partial charge in [-0.1, -0.05) is 0 Å². The molecule has 0 aliphatic heterocycles. The summed E-state index contributed by atoms with van der Waals surface area (Å²) in [5.74, 6) is -0.128. The maximum absolute atomic E-state index is 10.9. The number of hydrogen-bond donors (Lipinski definition) is 2. The molecule has 1 aliphatic carbocycles. The van der Waals surface area contributed by atoms with Crippen LogP contribution < -0.4 is 5.32 Å². The highest BCUT2D eigenvalue weighted by Crippen LogP contribution is 2.17. The third-order valence-electron chi connectivity index (χ3n) is 1.79. The minimum Gasteiger partial charge on any atom is -0.512 e. The summed E-state index contributed by atoms with van der Waals surface area (Å²) in [4.78, 5) is 10.9. The fourth-order valence-corrected chi connectivity index (χ4v) is 0.985. The van der Waals surface area contributed by atoms with Crippen LogP contribution in [0.3, 0.4) is 0 Å². The molecule has 1 rings (SSSR count). The van der Waals surface area contributed by atoms with Crippen LogP contribution in [0.15, 0.2) is 11.8 Å². The van der Waals surface area contributed by atoms with Gasteiger partial charge in [-0.15, -0.1) is 0 Å². The fraction of sp³-hybridized carbons (Fsp3) is 0.625. The molecule has 0 unspecified atom stereocenters. The molecule has 3 heteroatoms. The van der Waals surface area contributed by atoms with Gasteiger partial charge < -0.3 is 10.4 Å². The Bertz CT molecular complexity index is 179. The number of allylic oxidation sites excluding steroid dienone is 1. The van der Waals surface area contributed by atoms with E-state index in [2.05, 4.69) is 5.32 Å². The molecule has 0 heterocycles. The van der Waals surface area contributed by atoms with E-state index in [0.29, 0.717) is 6.04 Å². The van der Waals surface area contributed by atoms with E-state index < -0.39 is 0 Å². The van der Waals surface area contributed by atoms with Gasteiger partial charge in [0.05, 0.1) is 5.76 Å². The average molecular weight is 155 g/mol. The Morgan fingerprint density at radius 3 is 2.64 bits per heavy atom. The molecule has 3 nitrogen and oxygen atoms in total. The monoisotopic (exact) mass is 155 g/mol. The third-order valence-corrected chi connectivity index (χ3v) is 1.79. The summed E-state index contributed by atoms with van der Waals surface area (Å²) in [5.41, 5.74) is 0. The highest BCUT2D eigenvalue weighted by Gasteiger charge is 2.18. The average Bonchev–Trinajstić information content (AvgIpc) is 1.77. The molecule has 0 spiro atoms. The van der Waals surface area contributed by atoms with Crippen molar-refractivity contribution in [3.63, 3.8) is 0 Å². The van der Waals surface area contributed by atoms with Gasteiger partial charge in [0.25, 0.3) is 0 Å². The topological polar surface area (TPSA) is 49.3 Å². The van der Waals surface area contributed by atoms with Gasteiger partial charge in [-0.05, 0) is 26.2 Å². The Kier molecular flexibility index (Phi) is 2.52. The lowest BCUT2D eigenvalue weighted by Crippen LogP contribution is -2.38. The predicted molar refractivity (Wildman–Crippen MR) is 42.2 cm³/mol. The SMILES string of the molecule is CC(O)=CC(=O)NC1CCC1. The minimum atomic E-state index is -0.185. The molecular formula is C8H13NO2. The van der Waals surface area contributed by atoms with Crippen LogP contribution in [0, 0.1) is 0 Å². The summed E-state index contributed by atoms with van der Waals surface area (Å²) in [6.07, 6.45) is 4.55. The molecule has 0 aromatic heterocycles. The number of hydrogen-bond acceptors (Lipinski definition) is 2. The molecule has 1 amide bonds. The van der Waals surface area contributed by atoms with Crippen molar-refractivity contribution in [2.75, 3.05) is 0 Å². The number of aliphatic hydroxyl groups excluding tert-OH is 1. The van der Waals surface area contributed by atoms with E-state index in [9.17, 15) is 4.79 Å². The molecule has 1 fully saturated rings. The Labute approximate surface area is 66.1 Å². The molecule has 0 atom stereocenters. The largest absolute Gasteiger partial charge is 0.512 e. The Morgan fingerprint density at radius 1 is 1.64 bits per heavy atom. The Balaban J connectivity index is 2.25. The highest BCUT2D eigenvalue weighted by atomic mass is 16.3. The molecule has 1 saturated carbocycles. The van der Waals surface area contributed by atoms with Gasteiger partial charge in [-0.25, -0.2) is 0 Å². The zero-order valence-corrected chi connectivity index (χ0v) is 6.63. The molecule has 1 aliphatic rings. The second-order valence-electron chi connectivity index (χ2n) is 2.92. The summed E-state index contributed by atoms with van der Waals surface area (Å²) >= 11 is 0. The van der Waals surface area contributed by atoms with Crippen molar-refractivity contribution in [3.8, 4) is 0 Å². The lowest BCUT2D eigenvalue weighted by molar-refractivity contribution is -0.117. The molecule has 62 valence electrons. The summed E-state index contributed by atoms with van der Waals surface area (Å²) in [6, 6.07) is 0.345. The van der Waals surface area contributed by atoms with Crippen LogP contribution in [0.1, 0.15) is 26.2 Å². The van der Waals surface area contributed by atoms with E-state index in [4.69, 9.17) is 5.11 Å². The van der Waals surface area contributed by atoms with Crippen LogP contribution in [-0.4, -0.2) is 17.1 Å². The highest BCUT2D eigenvalue weighted by molar-refractivity contribution is 5.88. The second kappa shape index (κ2) is 3.42. The quantitative estimate of drug-likeness (QED) is 0.463.